The molecule has 0 aliphatic carbocycles. The first kappa shape index (κ1) is 16.8. The molecular formula is C19H21N5O. The van der Waals surface area contributed by atoms with E-state index < -0.39 is 5.41 Å². The van der Waals surface area contributed by atoms with Crippen molar-refractivity contribution in [2.45, 2.75) is 33.1 Å². The molecule has 25 heavy (non-hydrogen) atoms. The van der Waals surface area contributed by atoms with Gasteiger partial charge in [0.05, 0.1) is 11.1 Å². The van der Waals surface area contributed by atoms with Gasteiger partial charge in [0.15, 0.2) is 0 Å². The van der Waals surface area contributed by atoms with Gasteiger partial charge in [0.2, 0.25) is 5.91 Å². The summed E-state index contributed by atoms with van der Waals surface area (Å²) in [4.78, 5) is 22.8. The summed E-state index contributed by atoms with van der Waals surface area (Å²) in [5.41, 5.74) is 8.84. The summed E-state index contributed by atoms with van der Waals surface area (Å²) in [6, 6.07) is 5.80. The Morgan fingerprint density at radius 1 is 1.24 bits per heavy atom. The number of rotatable bonds is 2. The minimum atomic E-state index is -0.694. The van der Waals surface area contributed by atoms with Crippen molar-refractivity contribution in [3.63, 3.8) is 0 Å². The van der Waals surface area contributed by atoms with E-state index in [9.17, 15) is 4.79 Å². The number of amidine groups is 1. The summed E-state index contributed by atoms with van der Waals surface area (Å²) >= 11 is 0. The van der Waals surface area contributed by atoms with E-state index >= 15 is 0 Å². The Bertz CT molecular complexity index is 893. The lowest BCUT2D eigenvalue weighted by Crippen LogP contribution is -2.39. The smallest absolute Gasteiger partial charge is 0.242 e. The number of aryl methyl sites for hydroxylation is 1. The zero-order valence-electron chi connectivity index (χ0n) is 14.8. The fourth-order valence-electron chi connectivity index (χ4n) is 2.99. The van der Waals surface area contributed by atoms with Gasteiger partial charge in [-0.2, -0.15) is 0 Å². The number of allylic oxidation sites excluding steroid dienone is 1. The number of fused-ring (bicyclic) bond motifs is 1. The lowest BCUT2D eigenvalue weighted by molar-refractivity contribution is -0.121. The number of anilines is 1. The Hall–Kier alpha value is -3.02. The van der Waals surface area contributed by atoms with Gasteiger partial charge in [-0.1, -0.05) is 12.1 Å². The van der Waals surface area contributed by atoms with Crippen molar-refractivity contribution >= 4 is 17.4 Å². The van der Waals surface area contributed by atoms with Crippen molar-refractivity contribution in [2.75, 3.05) is 4.90 Å². The van der Waals surface area contributed by atoms with Crippen molar-refractivity contribution in [1.29, 1.82) is 5.41 Å². The van der Waals surface area contributed by atoms with Crippen LogP contribution in [0.1, 0.15) is 32.2 Å². The van der Waals surface area contributed by atoms with Gasteiger partial charge in [-0.25, -0.2) is 9.97 Å². The van der Waals surface area contributed by atoms with Crippen LogP contribution in [0.2, 0.25) is 0 Å². The monoisotopic (exact) mass is 335 g/mol. The predicted molar refractivity (Wildman–Crippen MR) is 98.4 cm³/mol. The number of amides is 1. The van der Waals surface area contributed by atoms with Gasteiger partial charge in [0.1, 0.15) is 11.7 Å². The summed E-state index contributed by atoms with van der Waals surface area (Å²) in [6.07, 6.45) is 5.00. The second-order valence-electron chi connectivity index (χ2n) is 6.79. The average Bonchev–Trinajstić information content (AvgIpc) is 2.74. The van der Waals surface area contributed by atoms with E-state index in [2.05, 4.69) is 9.97 Å². The highest BCUT2D eigenvalue weighted by atomic mass is 16.2. The van der Waals surface area contributed by atoms with Gasteiger partial charge in [-0.15, -0.1) is 0 Å². The van der Waals surface area contributed by atoms with Crippen molar-refractivity contribution < 1.29 is 4.79 Å². The van der Waals surface area contributed by atoms with Crippen molar-refractivity contribution in [3.05, 3.63) is 53.8 Å². The Kier molecular flexibility index (Phi) is 3.91. The van der Waals surface area contributed by atoms with Crippen LogP contribution in [0.25, 0.3) is 11.1 Å². The highest BCUT2D eigenvalue weighted by Gasteiger charge is 2.45. The summed E-state index contributed by atoms with van der Waals surface area (Å²) in [5, 5.41) is 8.28. The zero-order chi connectivity index (χ0) is 18.4. The number of carbonyl (C=O) groups is 1. The molecule has 0 fully saturated rings. The summed E-state index contributed by atoms with van der Waals surface area (Å²) in [6.45, 7) is 7.27. The third-order valence-corrected chi connectivity index (χ3v) is 4.37. The van der Waals surface area contributed by atoms with Crippen molar-refractivity contribution in [2.24, 2.45) is 5.73 Å². The molecule has 3 rings (SSSR count). The van der Waals surface area contributed by atoms with Crippen LogP contribution in [0.3, 0.4) is 0 Å². The number of nitrogens with one attached hydrogen (secondary N) is 1. The van der Waals surface area contributed by atoms with E-state index in [1.54, 1.807) is 19.3 Å². The van der Waals surface area contributed by atoms with Gasteiger partial charge in [-0.3, -0.25) is 15.1 Å². The van der Waals surface area contributed by atoms with E-state index in [0.717, 1.165) is 16.7 Å². The minimum Gasteiger partial charge on any atom is -0.402 e. The summed E-state index contributed by atoms with van der Waals surface area (Å²) < 4.78 is 0. The third-order valence-electron chi connectivity index (χ3n) is 4.37. The maximum Gasteiger partial charge on any atom is 0.242 e. The molecule has 6 nitrogen and oxygen atoms in total. The van der Waals surface area contributed by atoms with E-state index in [1.165, 1.54) is 11.0 Å². The van der Waals surface area contributed by atoms with Crippen LogP contribution < -0.4 is 10.6 Å². The molecule has 0 saturated carbocycles. The largest absolute Gasteiger partial charge is 0.402 e. The molecule has 0 saturated heterocycles. The van der Waals surface area contributed by atoms with E-state index in [0.29, 0.717) is 17.2 Å². The maximum absolute atomic E-state index is 12.9. The number of hydrogen-bond acceptors (Lipinski definition) is 5. The standard InChI is InChI=1S/C19H21N5O/c1-11(20)7-17(21)24-16-8-13(14-9-22-12(2)23-10-14)5-6-15(16)19(3,4)18(24)25/h5-10,21H,20H2,1-4H3. The molecule has 0 spiro atoms. The molecule has 2 aromatic rings. The van der Waals surface area contributed by atoms with Crippen LogP contribution in [0.4, 0.5) is 5.69 Å². The highest BCUT2D eigenvalue weighted by molar-refractivity contribution is 6.26. The first-order valence-electron chi connectivity index (χ1n) is 8.02. The Morgan fingerprint density at radius 3 is 2.48 bits per heavy atom. The predicted octanol–water partition coefficient (Wildman–Crippen LogP) is 2.92. The molecule has 1 aromatic heterocycles. The van der Waals surface area contributed by atoms with E-state index in [-0.39, 0.29) is 11.7 Å². The van der Waals surface area contributed by atoms with Crippen LogP contribution in [0.15, 0.2) is 42.4 Å². The van der Waals surface area contributed by atoms with E-state index in [1.807, 2.05) is 39.0 Å². The second-order valence-corrected chi connectivity index (χ2v) is 6.79. The molecule has 1 aliphatic heterocycles. The molecule has 0 radical (unpaired) electrons. The lowest BCUT2D eigenvalue weighted by Gasteiger charge is -2.19. The third kappa shape index (κ3) is 2.80. The van der Waals surface area contributed by atoms with Crippen LogP contribution >= 0.6 is 0 Å². The van der Waals surface area contributed by atoms with Crippen LogP contribution in [0.5, 0.6) is 0 Å². The number of carbonyl (C=O) groups excluding carboxylic acids is 1. The lowest BCUT2D eigenvalue weighted by atomic mass is 9.85. The Labute approximate surface area is 146 Å². The molecule has 0 atom stereocenters. The van der Waals surface area contributed by atoms with E-state index in [4.69, 9.17) is 11.1 Å². The number of nitrogens with two attached hydrogens (primary N) is 1. The van der Waals surface area contributed by atoms with Gasteiger partial charge < -0.3 is 5.73 Å². The Morgan fingerprint density at radius 2 is 1.88 bits per heavy atom. The average molecular weight is 335 g/mol. The van der Waals surface area contributed by atoms with Gasteiger partial charge in [0, 0.05) is 23.7 Å². The first-order valence-corrected chi connectivity index (χ1v) is 8.02. The molecule has 1 aromatic carbocycles. The van der Waals surface area contributed by atoms with Crippen LogP contribution in [0, 0.1) is 12.3 Å². The SMILES string of the molecule is CC(N)=CC(=N)N1C(=O)C(C)(C)c2ccc(-c3cnc(C)nc3)cc21. The normalized spacial score (nSPS) is 16.1. The highest BCUT2D eigenvalue weighted by Crippen LogP contribution is 2.43. The van der Waals surface area contributed by atoms with Crippen molar-refractivity contribution in [1.82, 2.24) is 9.97 Å². The van der Waals surface area contributed by atoms with Gasteiger partial charge in [-0.05, 0) is 51.0 Å². The number of nitrogens with zero attached hydrogens (tertiary/aromatic N) is 3. The summed E-state index contributed by atoms with van der Waals surface area (Å²) in [7, 11) is 0. The molecule has 0 unspecified atom stereocenters. The molecular weight excluding hydrogens is 314 g/mol. The quantitative estimate of drug-likeness (QED) is 0.651. The fraction of sp³-hybridized carbons (Fsp3) is 0.263. The Balaban J connectivity index is 2.14. The van der Waals surface area contributed by atoms with Gasteiger partial charge >= 0.3 is 0 Å². The topological polar surface area (TPSA) is 96.0 Å². The molecule has 1 aliphatic rings. The zero-order valence-corrected chi connectivity index (χ0v) is 14.8. The van der Waals surface area contributed by atoms with Gasteiger partial charge in [0.25, 0.3) is 0 Å². The molecule has 1 amide bonds. The molecule has 3 N–H and O–H groups in total. The minimum absolute atomic E-state index is 0.0640. The number of benzene rings is 1. The first-order chi connectivity index (χ1) is 11.7. The maximum atomic E-state index is 12.9. The fourth-order valence-corrected chi connectivity index (χ4v) is 2.99. The molecule has 2 heterocycles. The second kappa shape index (κ2) is 5.81. The number of hydrogen-bond donors (Lipinski definition) is 2. The molecule has 128 valence electrons. The molecule has 0 bridgehead atoms. The van der Waals surface area contributed by atoms with Crippen LogP contribution in [-0.4, -0.2) is 21.7 Å². The van der Waals surface area contributed by atoms with Crippen molar-refractivity contribution in [3.8, 4) is 11.1 Å². The van der Waals surface area contributed by atoms with Crippen LogP contribution in [-0.2, 0) is 10.2 Å². The summed E-state index contributed by atoms with van der Waals surface area (Å²) in [5.74, 6) is 0.629. The molecule has 6 heteroatoms. The number of aromatic nitrogens is 2.